The molecule has 2 aromatic carbocycles. The number of hydrogen-bond donors (Lipinski definition) is 2. The van der Waals surface area contributed by atoms with Gasteiger partial charge in [0.1, 0.15) is 4.88 Å². The van der Waals surface area contributed by atoms with Gasteiger partial charge in [-0.1, -0.05) is 42.1 Å². The zero-order valence-electron chi connectivity index (χ0n) is 17.1. The van der Waals surface area contributed by atoms with Gasteiger partial charge in [0, 0.05) is 9.79 Å². The Kier molecular flexibility index (Phi) is 7.23. The Hall–Kier alpha value is -3.82. The zero-order chi connectivity index (χ0) is 23.0. The van der Waals surface area contributed by atoms with Crippen molar-refractivity contribution in [3.05, 3.63) is 95.8 Å². The largest absolute Gasteiger partial charge is 0.459 e. The van der Waals surface area contributed by atoms with Gasteiger partial charge in [-0.2, -0.15) is 0 Å². The molecule has 0 saturated carbocycles. The fourth-order valence-electron chi connectivity index (χ4n) is 2.76. The summed E-state index contributed by atoms with van der Waals surface area (Å²) in [6.07, 6.45) is 1.40. The van der Waals surface area contributed by atoms with Gasteiger partial charge in [-0.05, 0) is 48.5 Å². The number of anilines is 2. The van der Waals surface area contributed by atoms with E-state index in [9.17, 15) is 14.4 Å². The molecule has 0 aliphatic heterocycles. The third-order valence-corrected chi connectivity index (χ3v) is 6.32. The lowest BCUT2D eigenvalue weighted by atomic mass is 10.3. The van der Waals surface area contributed by atoms with Crippen molar-refractivity contribution in [3.8, 4) is 0 Å². The van der Waals surface area contributed by atoms with Crippen molar-refractivity contribution < 1.29 is 23.5 Å². The minimum absolute atomic E-state index is 0.162. The Bertz CT molecular complexity index is 1250. The van der Waals surface area contributed by atoms with Crippen LogP contribution in [0, 0.1) is 0 Å². The molecule has 4 aromatic rings. The fraction of sp³-hybridized carbons (Fsp3) is 0.0417. The molecule has 9 heteroatoms. The van der Waals surface area contributed by atoms with E-state index < -0.39 is 24.4 Å². The lowest BCUT2D eigenvalue weighted by Gasteiger charge is -2.11. The summed E-state index contributed by atoms with van der Waals surface area (Å²) in [6.45, 7) is -0.435. The molecule has 0 atom stereocenters. The maximum atomic E-state index is 12.4. The third kappa shape index (κ3) is 6.12. The second kappa shape index (κ2) is 10.7. The second-order valence-electron chi connectivity index (χ2n) is 6.63. The standard InChI is InChI=1S/C24H18N2O5S2/c27-21(25-17-9-4-5-11-19(17)32-16-7-2-1-3-8-16)15-31-24(29)20-12-13-22(33-20)26-23(28)18-10-6-14-30-18/h1-14H,15H2,(H,25,27)(H,26,28). The molecule has 0 bridgehead atoms. The molecular formula is C24H18N2O5S2. The monoisotopic (exact) mass is 478 g/mol. The van der Waals surface area contributed by atoms with E-state index in [1.54, 1.807) is 18.2 Å². The molecule has 2 N–H and O–H groups in total. The number of para-hydroxylation sites is 1. The first-order valence-corrected chi connectivity index (χ1v) is 11.5. The molecule has 2 amide bonds. The van der Waals surface area contributed by atoms with Gasteiger partial charge in [-0.15, -0.1) is 11.3 Å². The normalized spacial score (nSPS) is 10.4. The summed E-state index contributed by atoms with van der Waals surface area (Å²) >= 11 is 2.56. The van der Waals surface area contributed by atoms with Gasteiger partial charge < -0.3 is 19.8 Å². The number of ether oxygens (including phenoxy) is 1. The van der Waals surface area contributed by atoms with Crippen molar-refractivity contribution in [2.24, 2.45) is 0 Å². The lowest BCUT2D eigenvalue weighted by Crippen LogP contribution is -2.20. The summed E-state index contributed by atoms with van der Waals surface area (Å²) in [5, 5.41) is 5.88. The Morgan fingerprint density at radius 2 is 1.67 bits per heavy atom. The SMILES string of the molecule is O=C(COC(=O)c1ccc(NC(=O)c2ccco2)s1)Nc1ccccc1Sc1ccccc1. The molecule has 166 valence electrons. The minimum Gasteiger partial charge on any atom is -0.459 e. The van der Waals surface area contributed by atoms with Gasteiger partial charge in [-0.25, -0.2) is 4.79 Å². The number of nitrogens with one attached hydrogen (secondary N) is 2. The first kappa shape index (κ1) is 22.4. The van der Waals surface area contributed by atoms with E-state index in [4.69, 9.17) is 9.15 Å². The van der Waals surface area contributed by atoms with Crippen LogP contribution in [0.3, 0.4) is 0 Å². The van der Waals surface area contributed by atoms with Crippen LogP contribution in [-0.2, 0) is 9.53 Å². The zero-order valence-corrected chi connectivity index (χ0v) is 18.8. The van der Waals surface area contributed by atoms with E-state index in [0.717, 1.165) is 21.1 Å². The highest BCUT2D eigenvalue weighted by Gasteiger charge is 2.16. The smallest absolute Gasteiger partial charge is 0.348 e. The molecule has 4 rings (SSSR count). The Morgan fingerprint density at radius 3 is 2.45 bits per heavy atom. The van der Waals surface area contributed by atoms with Gasteiger partial charge in [0.15, 0.2) is 12.4 Å². The van der Waals surface area contributed by atoms with Crippen LogP contribution in [0.1, 0.15) is 20.2 Å². The van der Waals surface area contributed by atoms with Gasteiger partial charge in [0.25, 0.3) is 11.8 Å². The van der Waals surface area contributed by atoms with E-state index in [2.05, 4.69) is 10.6 Å². The topological polar surface area (TPSA) is 97.6 Å². The summed E-state index contributed by atoms with van der Waals surface area (Å²) in [4.78, 5) is 38.9. The molecule has 0 unspecified atom stereocenters. The van der Waals surface area contributed by atoms with Crippen LogP contribution in [0.15, 0.2) is 99.3 Å². The van der Waals surface area contributed by atoms with Crippen molar-refractivity contribution in [3.63, 3.8) is 0 Å². The first-order valence-electron chi connectivity index (χ1n) is 9.82. The van der Waals surface area contributed by atoms with Crippen molar-refractivity contribution in [2.45, 2.75) is 9.79 Å². The number of hydrogen-bond acceptors (Lipinski definition) is 7. The fourth-order valence-corrected chi connectivity index (χ4v) is 4.48. The summed E-state index contributed by atoms with van der Waals surface area (Å²) in [6, 6.07) is 23.5. The number of rotatable bonds is 8. The average Bonchev–Trinajstić information content (AvgIpc) is 3.52. The lowest BCUT2D eigenvalue weighted by molar-refractivity contribution is -0.119. The number of amides is 2. The Balaban J connectivity index is 1.30. The number of thiophene rings is 1. The first-order chi connectivity index (χ1) is 16.1. The summed E-state index contributed by atoms with van der Waals surface area (Å²) in [7, 11) is 0. The molecule has 0 aliphatic carbocycles. The van der Waals surface area contributed by atoms with Crippen LogP contribution in [0.4, 0.5) is 10.7 Å². The molecule has 33 heavy (non-hydrogen) atoms. The van der Waals surface area contributed by atoms with Crippen molar-refractivity contribution >= 4 is 51.6 Å². The number of esters is 1. The number of carbonyl (C=O) groups excluding carboxylic acids is 3. The Labute approximate surface area is 197 Å². The summed E-state index contributed by atoms with van der Waals surface area (Å²) < 4.78 is 10.2. The van der Waals surface area contributed by atoms with Crippen LogP contribution < -0.4 is 10.6 Å². The van der Waals surface area contributed by atoms with Gasteiger partial charge in [0.05, 0.1) is 17.0 Å². The van der Waals surface area contributed by atoms with Crippen LogP contribution >= 0.6 is 23.1 Å². The maximum absolute atomic E-state index is 12.4. The number of benzene rings is 2. The molecule has 0 spiro atoms. The highest BCUT2D eigenvalue weighted by molar-refractivity contribution is 7.99. The molecule has 0 radical (unpaired) electrons. The van der Waals surface area contributed by atoms with Gasteiger partial charge in [-0.3, -0.25) is 9.59 Å². The maximum Gasteiger partial charge on any atom is 0.348 e. The summed E-state index contributed by atoms with van der Waals surface area (Å²) in [5.74, 6) is -1.36. The Morgan fingerprint density at radius 1 is 0.879 bits per heavy atom. The highest BCUT2D eigenvalue weighted by Crippen LogP contribution is 2.33. The quantitative estimate of drug-likeness (QED) is 0.323. The van der Waals surface area contributed by atoms with Crippen molar-refractivity contribution in [1.82, 2.24) is 0 Å². The minimum atomic E-state index is -0.652. The molecule has 2 heterocycles. The van der Waals surface area contributed by atoms with E-state index in [-0.39, 0.29) is 10.6 Å². The van der Waals surface area contributed by atoms with Crippen molar-refractivity contribution in [2.75, 3.05) is 17.2 Å². The van der Waals surface area contributed by atoms with E-state index in [1.807, 2.05) is 48.5 Å². The van der Waals surface area contributed by atoms with Gasteiger partial charge in [0.2, 0.25) is 0 Å². The predicted octanol–water partition coefficient (Wildman–Crippen LogP) is 5.54. The van der Waals surface area contributed by atoms with Crippen LogP contribution in [0.25, 0.3) is 0 Å². The molecule has 0 fully saturated rings. The van der Waals surface area contributed by atoms with Crippen LogP contribution in [0.5, 0.6) is 0 Å². The number of furan rings is 1. The molecule has 2 aromatic heterocycles. The molecule has 0 aliphatic rings. The predicted molar refractivity (Wildman–Crippen MR) is 127 cm³/mol. The van der Waals surface area contributed by atoms with E-state index in [0.29, 0.717) is 10.7 Å². The van der Waals surface area contributed by atoms with Crippen LogP contribution in [-0.4, -0.2) is 24.4 Å². The van der Waals surface area contributed by atoms with E-state index >= 15 is 0 Å². The van der Waals surface area contributed by atoms with Gasteiger partial charge >= 0.3 is 5.97 Å². The highest BCUT2D eigenvalue weighted by atomic mass is 32.2. The molecular weight excluding hydrogens is 460 g/mol. The van der Waals surface area contributed by atoms with Crippen molar-refractivity contribution in [1.29, 1.82) is 0 Å². The number of carbonyl (C=O) groups is 3. The second-order valence-corrected chi connectivity index (χ2v) is 8.83. The third-order valence-electron chi connectivity index (χ3n) is 4.26. The molecule has 7 nitrogen and oxygen atoms in total. The molecule has 0 saturated heterocycles. The average molecular weight is 479 g/mol. The summed E-state index contributed by atoms with van der Waals surface area (Å²) in [5.41, 5.74) is 0.631. The van der Waals surface area contributed by atoms with Crippen LogP contribution in [0.2, 0.25) is 0 Å². The van der Waals surface area contributed by atoms with E-state index in [1.165, 1.54) is 30.2 Å².